The van der Waals surface area contributed by atoms with Crippen LogP contribution in [0.1, 0.15) is 12.8 Å². The summed E-state index contributed by atoms with van der Waals surface area (Å²) in [5.41, 5.74) is 0. The lowest BCUT2D eigenvalue weighted by molar-refractivity contribution is -0.179. The highest BCUT2D eigenvalue weighted by Crippen LogP contribution is 2.31. The molecule has 0 saturated heterocycles. The lowest BCUT2D eigenvalue weighted by atomic mass is 10.3. The second kappa shape index (κ2) is 3.74. The minimum absolute atomic E-state index is 0.140. The summed E-state index contributed by atoms with van der Waals surface area (Å²) in [6.45, 7) is 0.140. The molecule has 0 spiro atoms. The third-order valence-electron chi connectivity index (χ3n) is 2.13. The Kier molecular flexibility index (Phi) is 3.01. The molecule has 0 bridgehead atoms. The van der Waals surface area contributed by atoms with Gasteiger partial charge in [0.05, 0.1) is 0 Å². The fraction of sp³-hybridized carbons (Fsp3) is 0.875. The van der Waals surface area contributed by atoms with Crippen molar-refractivity contribution in [2.24, 2.45) is 5.92 Å². The first-order valence-electron chi connectivity index (χ1n) is 4.27. The molecule has 0 aromatic rings. The Hall–Kier alpha value is -0.810. The van der Waals surface area contributed by atoms with E-state index < -0.39 is 18.3 Å². The van der Waals surface area contributed by atoms with Gasteiger partial charge in [-0.25, -0.2) is 8.78 Å². The zero-order valence-electron chi connectivity index (χ0n) is 7.64. The molecule has 1 aliphatic rings. The maximum Gasteiger partial charge on any atom is 0.383 e. The fourth-order valence-corrected chi connectivity index (χ4v) is 1.12. The van der Waals surface area contributed by atoms with E-state index >= 15 is 0 Å². The van der Waals surface area contributed by atoms with Gasteiger partial charge in [-0.2, -0.15) is 8.78 Å². The van der Waals surface area contributed by atoms with Crippen molar-refractivity contribution in [1.29, 1.82) is 0 Å². The molecule has 0 aliphatic heterocycles. The number of alkyl halides is 4. The molecule has 0 aromatic heterocycles. The number of carbonyl (C=O) groups is 1. The van der Waals surface area contributed by atoms with Gasteiger partial charge in [-0.15, -0.1) is 0 Å². The third kappa shape index (κ3) is 2.36. The first kappa shape index (κ1) is 11.3. The maximum absolute atomic E-state index is 12.5. The second-order valence-corrected chi connectivity index (χ2v) is 3.55. The van der Waals surface area contributed by atoms with Crippen LogP contribution in [0.2, 0.25) is 0 Å². The number of carbonyl (C=O) groups excluding carboxylic acids is 1. The van der Waals surface area contributed by atoms with Gasteiger partial charge in [-0.1, -0.05) is 0 Å². The van der Waals surface area contributed by atoms with Gasteiger partial charge >= 0.3 is 12.3 Å². The predicted molar refractivity (Wildman–Crippen MR) is 41.3 cm³/mol. The minimum atomic E-state index is -4.55. The standard InChI is InChI=1S/C8H11F4NO/c1-13(4-5-2-3-5)7(14)8(11,12)6(9)10/h5-6H,2-4H2,1H3. The maximum atomic E-state index is 12.5. The van der Waals surface area contributed by atoms with Gasteiger partial charge in [0.1, 0.15) is 0 Å². The van der Waals surface area contributed by atoms with Crippen molar-refractivity contribution in [1.82, 2.24) is 4.90 Å². The lowest BCUT2D eigenvalue weighted by Crippen LogP contribution is -2.46. The SMILES string of the molecule is CN(CC1CC1)C(=O)C(F)(F)C(F)F. The Labute approximate surface area is 78.9 Å². The number of amides is 1. The van der Waals surface area contributed by atoms with Crippen molar-refractivity contribution in [2.75, 3.05) is 13.6 Å². The molecular weight excluding hydrogens is 202 g/mol. The first-order valence-corrected chi connectivity index (χ1v) is 4.27. The molecule has 0 unspecified atom stereocenters. The minimum Gasteiger partial charge on any atom is -0.340 e. The highest BCUT2D eigenvalue weighted by molar-refractivity contribution is 5.83. The Morgan fingerprint density at radius 3 is 2.36 bits per heavy atom. The van der Waals surface area contributed by atoms with Gasteiger partial charge in [-0.05, 0) is 18.8 Å². The number of hydrogen-bond donors (Lipinski definition) is 0. The summed E-state index contributed by atoms with van der Waals surface area (Å²) in [7, 11) is 1.12. The molecule has 82 valence electrons. The van der Waals surface area contributed by atoms with Crippen LogP contribution < -0.4 is 0 Å². The van der Waals surface area contributed by atoms with Crippen LogP contribution in [0.4, 0.5) is 17.6 Å². The summed E-state index contributed by atoms with van der Waals surface area (Å²) in [5, 5.41) is 0. The number of nitrogens with zero attached hydrogens (tertiary/aromatic N) is 1. The smallest absolute Gasteiger partial charge is 0.340 e. The van der Waals surface area contributed by atoms with Crippen molar-refractivity contribution >= 4 is 5.91 Å². The Morgan fingerprint density at radius 1 is 1.50 bits per heavy atom. The molecule has 1 rings (SSSR count). The summed E-state index contributed by atoms with van der Waals surface area (Å²) in [4.78, 5) is 11.5. The molecule has 0 aromatic carbocycles. The predicted octanol–water partition coefficient (Wildman–Crippen LogP) is 1.76. The average molecular weight is 213 g/mol. The van der Waals surface area contributed by atoms with Crippen LogP contribution in [0, 0.1) is 5.92 Å². The van der Waals surface area contributed by atoms with E-state index in [2.05, 4.69) is 0 Å². The molecule has 1 amide bonds. The van der Waals surface area contributed by atoms with Gasteiger partial charge in [0.25, 0.3) is 5.91 Å². The van der Waals surface area contributed by atoms with E-state index in [1.165, 1.54) is 0 Å². The molecule has 1 fully saturated rings. The van der Waals surface area contributed by atoms with Crippen molar-refractivity contribution in [3.8, 4) is 0 Å². The van der Waals surface area contributed by atoms with Crippen LogP contribution in [-0.2, 0) is 4.79 Å². The summed E-state index contributed by atoms with van der Waals surface area (Å²) in [6.07, 6.45) is -2.19. The van der Waals surface area contributed by atoms with Crippen LogP contribution in [0.3, 0.4) is 0 Å². The molecule has 1 saturated carbocycles. The van der Waals surface area contributed by atoms with Crippen LogP contribution in [0.25, 0.3) is 0 Å². The van der Waals surface area contributed by atoms with Gasteiger partial charge in [0, 0.05) is 13.6 Å². The first-order chi connectivity index (χ1) is 6.35. The molecule has 0 N–H and O–H groups in total. The van der Waals surface area contributed by atoms with Crippen LogP contribution in [0.15, 0.2) is 0 Å². The van der Waals surface area contributed by atoms with Crippen LogP contribution >= 0.6 is 0 Å². The zero-order chi connectivity index (χ0) is 10.9. The highest BCUT2D eigenvalue weighted by atomic mass is 19.3. The molecule has 0 heterocycles. The van der Waals surface area contributed by atoms with E-state index in [1.807, 2.05) is 0 Å². The van der Waals surface area contributed by atoms with Crippen LogP contribution in [0.5, 0.6) is 0 Å². The second-order valence-electron chi connectivity index (χ2n) is 3.55. The average Bonchev–Trinajstić information content (AvgIpc) is 2.86. The molecule has 0 atom stereocenters. The molecule has 6 heteroatoms. The van der Waals surface area contributed by atoms with Crippen molar-refractivity contribution in [3.63, 3.8) is 0 Å². The number of hydrogen-bond acceptors (Lipinski definition) is 1. The Bertz CT molecular complexity index is 227. The van der Waals surface area contributed by atoms with Crippen molar-refractivity contribution < 1.29 is 22.4 Å². The van der Waals surface area contributed by atoms with Crippen molar-refractivity contribution in [3.05, 3.63) is 0 Å². The molecular formula is C8H11F4NO. The fourth-order valence-electron chi connectivity index (χ4n) is 1.12. The van der Waals surface area contributed by atoms with E-state index in [1.54, 1.807) is 0 Å². The molecule has 2 nitrogen and oxygen atoms in total. The third-order valence-corrected chi connectivity index (χ3v) is 2.13. The highest BCUT2D eigenvalue weighted by Gasteiger charge is 2.50. The molecule has 1 aliphatic carbocycles. The number of rotatable bonds is 4. The van der Waals surface area contributed by atoms with Crippen LogP contribution in [-0.4, -0.2) is 36.7 Å². The van der Waals surface area contributed by atoms with Gasteiger partial charge in [-0.3, -0.25) is 4.79 Å². The summed E-state index contributed by atoms with van der Waals surface area (Å²) < 4.78 is 48.6. The monoisotopic (exact) mass is 213 g/mol. The zero-order valence-corrected chi connectivity index (χ0v) is 7.64. The summed E-state index contributed by atoms with van der Waals surface area (Å²) in [6, 6.07) is 0. The lowest BCUT2D eigenvalue weighted by Gasteiger charge is -2.22. The van der Waals surface area contributed by atoms with Crippen molar-refractivity contribution in [2.45, 2.75) is 25.2 Å². The summed E-state index contributed by atoms with van der Waals surface area (Å²) in [5.74, 6) is -6.14. The summed E-state index contributed by atoms with van der Waals surface area (Å²) >= 11 is 0. The Morgan fingerprint density at radius 2 is 2.00 bits per heavy atom. The van der Waals surface area contributed by atoms with E-state index in [-0.39, 0.29) is 12.5 Å². The number of halogens is 4. The Balaban J connectivity index is 2.52. The molecule has 0 radical (unpaired) electrons. The van der Waals surface area contributed by atoms with E-state index in [0.717, 1.165) is 19.9 Å². The quantitative estimate of drug-likeness (QED) is 0.651. The van der Waals surface area contributed by atoms with E-state index in [0.29, 0.717) is 4.90 Å². The normalized spacial score (nSPS) is 17.3. The topological polar surface area (TPSA) is 20.3 Å². The van der Waals surface area contributed by atoms with E-state index in [4.69, 9.17) is 0 Å². The molecule has 14 heavy (non-hydrogen) atoms. The van der Waals surface area contributed by atoms with Gasteiger partial charge < -0.3 is 4.90 Å². The van der Waals surface area contributed by atoms with Gasteiger partial charge in [0.2, 0.25) is 0 Å². The largest absolute Gasteiger partial charge is 0.383 e. The van der Waals surface area contributed by atoms with Gasteiger partial charge in [0.15, 0.2) is 0 Å². The van der Waals surface area contributed by atoms with E-state index in [9.17, 15) is 22.4 Å².